The molecule has 1 aliphatic rings. The first-order valence-corrected chi connectivity index (χ1v) is 12.2. The molecule has 1 heterocycles. The molecule has 1 saturated heterocycles. The van der Waals surface area contributed by atoms with Gasteiger partial charge in [0.15, 0.2) is 15.8 Å². The molecule has 0 aliphatic carbocycles. The summed E-state index contributed by atoms with van der Waals surface area (Å²) in [5.74, 6) is 1.68. The lowest BCUT2D eigenvalue weighted by Gasteiger charge is -2.30. The summed E-state index contributed by atoms with van der Waals surface area (Å²) in [5, 5.41) is 6.68. The quantitative estimate of drug-likeness (QED) is 0.231. The molecule has 1 aliphatic heterocycles. The van der Waals surface area contributed by atoms with Crippen LogP contribution in [0.15, 0.2) is 28.1 Å². The molecular weight excluding hydrogens is 499 g/mol. The standard InChI is InChI=1S/C21H36N4O2S.HI/c1-5-22-21(23-11-6-12-25-13-9-17(2)10-14-25)24-16-19-7-8-20(18(3)15-19)28(4,26)27;/h7-8,15,17H,5-6,9-14,16H2,1-4H3,(H2,22,23,24);1H. The first-order chi connectivity index (χ1) is 13.3. The lowest BCUT2D eigenvalue weighted by atomic mass is 9.99. The average Bonchev–Trinajstić information content (AvgIpc) is 2.63. The Morgan fingerprint density at radius 2 is 1.93 bits per heavy atom. The zero-order valence-corrected chi connectivity index (χ0v) is 21.3. The Kier molecular flexibility index (Phi) is 11.5. The van der Waals surface area contributed by atoms with Gasteiger partial charge in [-0.1, -0.05) is 19.1 Å². The highest BCUT2D eigenvalue weighted by Gasteiger charge is 2.15. The van der Waals surface area contributed by atoms with Gasteiger partial charge in [0.05, 0.1) is 11.4 Å². The Balaban J connectivity index is 0.00000420. The van der Waals surface area contributed by atoms with E-state index in [1.807, 2.05) is 19.1 Å². The summed E-state index contributed by atoms with van der Waals surface area (Å²) in [6.07, 6.45) is 4.97. The van der Waals surface area contributed by atoms with Crippen LogP contribution in [0.5, 0.6) is 0 Å². The molecule has 1 fully saturated rings. The van der Waals surface area contributed by atoms with E-state index in [1.54, 1.807) is 6.07 Å². The van der Waals surface area contributed by atoms with Crippen LogP contribution in [0.4, 0.5) is 0 Å². The highest BCUT2D eigenvalue weighted by atomic mass is 127. The molecule has 6 nitrogen and oxygen atoms in total. The van der Waals surface area contributed by atoms with Gasteiger partial charge < -0.3 is 15.5 Å². The lowest BCUT2D eigenvalue weighted by molar-refractivity contribution is 0.191. The maximum Gasteiger partial charge on any atom is 0.191 e. The van der Waals surface area contributed by atoms with Crippen LogP contribution in [0.3, 0.4) is 0 Å². The second-order valence-electron chi connectivity index (χ2n) is 7.87. The normalized spacial score (nSPS) is 16.3. The molecule has 1 aromatic carbocycles. The van der Waals surface area contributed by atoms with Crippen molar-refractivity contribution < 1.29 is 8.42 Å². The van der Waals surface area contributed by atoms with Crippen LogP contribution in [0.1, 0.15) is 44.2 Å². The molecule has 0 amide bonds. The Morgan fingerprint density at radius 1 is 1.24 bits per heavy atom. The predicted molar refractivity (Wildman–Crippen MR) is 132 cm³/mol. The van der Waals surface area contributed by atoms with E-state index in [1.165, 1.54) is 32.2 Å². The third-order valence-electron chi connectivity index (χ3n) is 5.22. The highest BCUT2D eigenvalue weighted by Crippen LogP contribution is 2.17. The van der Waals surface area contributed by atoms with Gasteiger partial charge in [0.1, 0.15) is 0 Å². The highest BCUT2D eigenvalue weighted by molar-refractivity contribution is 14.0. The minimum Gasteiger partial charge on any atom is -0.357 e. The summed E-state index contributed by atoms with van der Waals surface area (Å²) in [6.45, 7) is 12.0. The van der Waals surface area contributed by atoms with Gasteiger partial charge in [-0.2, -0.15) is 0 Å². The third-order valence-corrected chi connectivity index (χ3v) is 6.48. The third kappa shape index (κ3) is 9.21. The maximum atomic E-state index is 11.7. The van der Waals surface area contributed by atoms with E-state index in [4.69, 9.17) is 0 Å². The van der Waals surface area contributed by atoms with E-state index < -0.39 is 9.84 Å². The van der Waals surface area contributed by atoms with Crippen molar-refractivity contribution in [3.8, 4) is 0 Å². The van der Waals surface area contributed by atoms with Gasteiger partial charge >= 0.3 is 0 Å². The molecule has 0 saturated carbocycles. The second-order valence-corrected chi connectivity index (χ2v) is 9.86. The first-order valence-electron chi connectivity index (χ1n) is 10.3. The molecule has 0 bridgehead atoms. The van der Waals surface area contributed by atoms with E-state index in [0.29, 0.717) is 11.4 Å². The molecule has 0 unspecified atom stereocenters. The second kappa shape index (κ2) is 12.7. The zero-order chi connectivity index (χ0) is 20.6. The number of aliphatic imine (C=N–C) groups is 1. The fourth-order valence-electron chi connectivity index (χ4n) is 3.53. The first kappa shape index (κ1) is 26.2. The number of piperidine rings is 1. The molecule has 2 rings (SSSR count). The Bertz CT molecular complexity index is 760. The summed E-state index contributed by atoms with van der Waals surface area (Å²) in [5.41, 5.74) is 1.77. The minimum atomic E-state index is -3.18. The van der Waals surface area contributed by atoms with Gasteiger partial charge in [-0.25, -0.2) is 13.4 Å². The van der Waals surface area contributed by atoms with Crippen LogP contribution >= 0.6 is 24.0 Å². The summed E-state index contributed by atoms with van der Waals surface area (Å²) >= 11 is 0. The zero-order valence-electron chi connectivity index (χ0n) is 18.2. The number of halogens is 1. The number of rotatable bonds is 8. The SMILES string of the molecule is CCNC(=NCc1ccc(S(C)(=O)=O)c(C)c1)NCCCN1CCC(C)CC1.I. The number of benzene rings is 1. The number of guanidine groups is 1. The summed E-state index contributed by atoms with van der Waals surface area (Å²) in [6, 6.07) is 5.42. The Hall–Kier alpha value is -0.870. The van der Waals surface area contributed by atoms with Gasteiger partial charge in [0.2, 0.25) is 0 Å². The number of hydrogen-bond acceptors (Lipinski definition) is 4. The summed E-state index contributed by atoms with van der Waals surface area (Å²) in [4.78, 5) is 7.58. The predicted octanol–water partition coefficient (Wildman–Crippen LogP) is 3.19. The molecule has 29 heavy (non-hydrogen) atoms. The molecule has 1 aromatic rings. The number of aryl methyl sites for hydroxylation is 1. The van der Waals surface area contributed by atoms with Crippen molar-refractivity contribution in [3.05, 3.63) is 29.3 Å². The van der Waals surface area contributed by atoms with Gasteiger partial charge in [0, 0.05) is 19.3 Å². The number of sulfone groups is 1. The molecule has 0 spiro atoms. The maximum absolute atomic E-state index is 11.7. The topological polar surface area (TPSA) is 73.8 Å². The number of likely N-dealkylation sites (tertiary alicyclic amines) is 1. The molecule has 2 N–H and O–H groups in total. The summed E-state index contributed by atoms with van der Waals surface area (Å²) in [7, 11) is -3.18. The molecule has 0 atom stereocenters. The van der Waals surface area contributed by atoms with E-state index in [9.17, 15) is 8.42 Å². The van der Waals surface area contributed by atoms with Crippen molar-refractivity contribution in [2.75, 3.05) is 39.0 Å². The van der Waals surface area contributed by atoms with Crippen LogP contribution in [-0.2, 0) is 16.4 Å². The van der Waals surface area contributed by atoms with Gasteiger partial charge in [-0.15, -0.1) is 24.0 Å². The lowest BCUT2D eigenvalue weighted by Crippen LogP contribution is -2.39. The van der Waals surface area contributed by atoms with Gasteiger partial charge in [0.25, 0.3) is 0 Å². The number of nitrogens with one attached hydrogen (secondary N) is 2. The van der Waals surface area contributed by atoms with Crippen molar-refractivity contribution in [2.24, 2.45) is 10.9 Å². The number of hydrogen-bond donors (Lipinski definition) is 2. The molecule has 166 valence electrons. The smallest absolute Gasteiger partial charge is 0.191 e. The minimum absolute atomic E-state index is 0. The van der Waals surface area contributed by atoms with Crippen molar-refractivity contribution >= 4 is 39.8 Å². The van der Waals surface area contributed by atoms with E-state index in [2.05, 4.69) is 34.4 Å². The van der Waals surface area contributed by atoms with Crippen molar-refractivity contribution in [3.63, 3.8) is 0 Å². The number of nitrogens with zero attached hydrogens (tertiary/aromatic N) is 2. The molecule has 0 radical (unpaired) electrons. The van der Waals surface area contributed by atoms with Gasteiger partial charge in [-0.3, -0.25) is 0 Å². The van der Waals surface area contributed by atoms with Crippen molar-refractivity contribution in [2.45, 2.75) is 51.5 Å². The average molecular weight is 537 g/mol. The fourth-order valence-corrected chi connectivity index (χ4v) is 4.49. The monoisotopic (exact) mass is 536 g/mol. The fraction of sp³-hybridized carbons (Fsp3) is 0.667. The Labute approximate surface area is 193 Å². The van der Waals surface area contributed by atoms with E-state index >= 15 is 0 Å². The molecule has 0 aromatic heterocycles. The van der Waals surface area contributed by atoms with Gasteiger partial charge in [-0.05, 0) is 75.9 Å². The van der Waals surface area contributed by atoms with Crippen molar-refractivity contribution in [1.82, 2.24) is 15.5 Å². The van der Waals surface area contributed by atoms with Crippen LogP contribution in [-0.4, -0.2) is 58.3 Å². The van der Waals surface area contributed by atoms with Crippen LogP contribution in [0, 0.1) is 12.8 Å². The Morgan fingerprint density at radius 3 is 2.52 bits per heavy atom. The van der Waals surface area contributed by atoms with Crippen LogP contribution < -0.4 is 10.6 Å². The van der Waals surface area contributed by atoms with E-state index in [0.717, 1.165) is 49.1 Å². The van der Waals surface area contributed by atoms with Crippen molar-refractivity contribution in [1.29, 1.82) is 0 Å². The van der Waals surface area contributed by atoms with Crippen LogP contribution in [0.2, 0.25) is 0 Å². The molecular formula is C21H37IN4O2S. The van der Waals surface area contributed by atoms with E-state index in [-0.39, 0.29) is 24.0 Å². The largest absolute Gasteiger partial charge is 0.357 e. The summed E-state index contributed by atoms with van der Waals surface area (Å²) < 4.78 is 23.5. The van der Waals surface area contributed by atoms with Crippen LogP contribution in [0.25, 0.3) is 0 Å². The molecule has 8 heteroatoms.